The number of thioether (sulfide) groups is 1. The molecule has 0 unspecified atom stereocenters. The molecular weight excluding hydrogens is 390 g/mol. The van der Waals surface area contributed by atoms with Gasteiger partial charge in [-0.15, -0.1) is 11.3 Å². The Labute approximate surface area is 174 Å². The van der Waals surface area contributed by atoms with E-state index < -0.39 is 0 Å². The number of aryl methyl sites for hydroxylation is 2. The molecule has 0 saturated carbocycles. The van der Waals surface area contributed by atoms with Gasteiger partial charge in [-0.25, -0.2) is 4.98 Å². The highest BCUT2D eigenvalue weighted by molar-refractivity contribution is 7.99. The third-order valence-corrected chi connectivity index (χ3v) is 7.26. The van der Waals surface area contributed by atoms with Gasteiger partial charge in [-0.05, 0) is 65.4 Å². The molecule has 1 N–H and O–H groups in total. The summed E-state index contributed by atoms with van der Waals surface area (Å²) in [5.41, 5.74) is 2.47. The zero-order chi connectivity index (χ0) is 20.3. The van der Waals surface area contributed by atoms with Crippen molar-refractivity contribution in [3.8, 4) is 0 Å². The predicted molar refractivity (Wildman–Crippen MR) is 119 cm³/mol. The summed E-state index contributed by atoms with van der Waals surface area (Å²) < 4.78 is 1.71. The second-order valence-electron chi connectivity index (χ2n) is 7.62. The summed E-state index contributed by atoms with van der Waals surface area (Å²) in [5.74, 6) is 0.261. The van der Waals surface area contributed by atoms with E-state index in [9.17, 15) is 9.59 Å². The first-order chi connectivity index (χ1) is 13.4. The Hall–Kier alpha value is -1.60. The molecule has 2 aromatic heterocycles. The maximum absolute atomic E-state index is 13.0. The summed E-state index contributed by atoms with van der Waals surface area (Å²) >= 11 is 2.89. The topological polar surface area (TPSA) is 64.0 Å². The molecule has 0 atom stereocenters. The molecule has 1 aliphatic carbocycles. The first-order valence-corrected chi connectivity index (χ1v) is 11.8. The van der Waals surface area contributed by atoms with E-state index >= 15 is 0 Å². The van der Waals surface area contributed by atoms with Crippen LogP contribution in [-0.4, -0.2) is 27.8 Å². The number of allylic oxidation sites excluding steroid dienone is 1. The number of nitrogens with zero attached hydrogens (tertiary/aromatic N) is 2. The number of hydrogen-bond donors (Lipinski definition) is 1. The Morgan fingerprint density at radius 1 is 1.36 bits per heavy atom. The van der Waals surface area contributed by atoms with Crippen molar-refractivity contribution >= 4 is 39.2 Å². The van der Waals surface area contributed by atoms with E-state index in [4.69, 9.17) is 4.98 Å². The van der Waals surface area contributed by atoms with E-state index in [2.05, 4.69) is 11.4 Å². The summed E-state index contributed by atoms with van der Waals surface area (Å²) in [6, 6.07) is -0.00666. The molecule has 0 saturated heterocycles. The lowest BCUT2D eigenvalue weighted by atomic mass is 9.97. The Morgan fingerprint density at radius 3 is 2.82 bits per heavy atom. The number of fused-ring (bicyclic) bond motifs is 1. The van der Waals surface area contributed by atoms with Crippen LogP contribution < -0.4 is 10.9 Å². The maximum Gasteiger partial charge on any atom is 0.263 e. The quantitative estimate of drug-likeness (QED) is 0.399. The Kier molecular flexibility index (Phi) is 6.99. The van der Waals surface area contributed by atoms with Crippen LogP contribution in [0, 0.1) is 13.8 Å². The molecule has 0 aliphatic heterocycles. The number of hydrogen-bond acceptors (Lipinski definition) is 5. The number of carbonyl (C=O) groups is 1. The van der Waals surface area contributed by atoms with Gasteiger partial charge in [-0.2, -0.15) is 0 Å². The minimum atomic E-state index is -0.00963. The number of amides is 1. The third-order valence-electron chi connectivity index (χ3n) is 5.20. The molecule has 2 aromatic rings. The second-order valence-corrected chi connectivity index (χ2v) is 9.77. The van der Waals surface area contributed by atoms with Gasteiger partial charge in [-0.3, -0.25) is 14.2 Å². The van der Waals surface area contributed by atoms with Gasteiger partial charge in [0.05, 0.1) is 11.1 Å². The monoisotopic (exact) mass is 419 g/mol. The van der Waals surface area contributed by atoms with E-state index in [1.54, 1.807) is 15.9 Å². The van der Waals surface area contributed by atoms with Crippen LogP contribution in [0.1, 0.15) is 62.4 Å². The SMILES string of the molecule is Cc1sc2nc(SCC(=O)NCCC3=CCCCC3)n(C(C)C)c(=O)c2c1C. The zero-order valence-electron chi connectivity index (χ0n) is 17.1. The van der Waals surface area contributed by atoms with Crippen molar-refractivity contribution in [2.45, 2.75) is 71.0 Å². The summed E-state index contributed by atoms with van der Waals surface area (Å²) in [5, 5.41) is 4.34. The van der Waals surface area contributed by atoms with Crippen LogP contribution in [-0.2, 0) is 4.79 Å². The largest absolute Gasteiger partial charge is 0.355 e. The van der Waals surface area contributed by atoms with E-state index in [-0.39, 0.29) is 23.3 Å². The minimum absolute atomic E-state index is 0.00556. The van der Waals surface area contributed by atoms with Gasteiger partial charge in [-0.1, -0.05) is 23.4 Å². The smallest absolute Gasteiger partial charge is 0.263 e. The van der Waals surface area contributed by atoms with Crippen LogP contribution in [0.2, 0.25) is 0 Å². The van der Waals surface area contributed by atoms with Crippen LogP contribution in [0.15, 0.2) is 21.6 Å². The predicted octanol–water partition coefficient (Wildman–Crippen LogP) is 4.75. The number of thiophene rings is 1. The van der Waals surface area contributed by atoms with Crippen molar-refractivity contribution in [2.75, 3.05) is 12.3 Å². The van der Waals surface area contributed by atoms with Crippen LogP contribution >= 0.6 is 23.1 Å². The molecule has 28 heavy (non-hydrogen) atoms. The molecular formula is C21H29N3O2S2. The molecule has 0 radical (unpaired) electrons. The van der Waals surface area contributed by atoms with Gasteiger partial charge >= 0.3 is 0 Å². The van der Waals surface area contributed by atoms with Gasteiger partial charge in [0, 0.05) is 17.5 Å². The number of rotatable bonds is 7. The molecule has 5 nitrogen and oxygen atoms in total. The van der Waals surface area contributed by atoms with Crippen molar-refractivity contribution < 1.29 is 4.79 Å². The standard InChI is InChI=1S/C21H29N3O2S2/c1-13(2)24-20(26)18-14(3)15(4)28-19(18)23-21(24)27-12-17(25)22-11-10-16-8-6-5-7-9-16/h8,13H,5-7,9-12H2,1-4H3,(H,22,25). The number of aromatic nitrogens is 2. The second kappa shape index (κ2) is 9.27. The molecule has 0 fully saturated rings. The van der Waals surface area contributed by atoms with E-state index in [0.29, 0.717) is 17.1 Å². The molecule has 152 valence electrons. The fourth-order valence-electron chi connectivity index (χ4n) is 3.52. The maximum atomic E-state index is 13.0. The lowest BCUT2D eigenvalue weighted by molar-refractivity contribution is -0.118. The normalized spacial score (nSPS) is 14.5. The van der Waals surface area contributed by atoms with Gasteiger partial charge in [0.2, 0.25) is 5.91 Å². The molecule has 3 rings (SSSR count). The summed E-state index contributed by atoms with van der Waals surface area (Å²) in [4.78, 5) is 31.9. The average molecular weight is 420 g/mol. The van der Waals surface area contributed by atoms with Gasteiger partial charge in [0.1, 0.15) is 4.83 Å². The first-order valence-electron chi connectivity index (χ1n) is 9.98. The summed E-state index contributed by atoms with van der Waals surface area (Å²) in [7, 11) is 0. The number of carbonyl (C=O) groups excluding carboxylic acids is 1. The highest BCUT2D eigenvalue weighted by Crippen LogP contribution is 2.29. The Bertz CT molecular complexity index is 957. The highest BCUT2D eigenvalue weighted by Gasteiger charge is 2.19. The van der Waals surface area contributed by atoms with Crippen molar-refractivity contribution in [1.82, 2.24) is 14.9 Å². The van der Waals surface area contributed by atoms with Crippen LogP contribution in [0.25, 0.3) is 10.2 Å². The molecule has 0 spiro atoms. The van der Waals surface area contributed by atoms with Gasteiger partial charge in [0.15, 0.2) is 5.16 Å². The van der Waals surface area contributed by atoms with Crippen LogP contribution in [0.3, 0.4) is 0 Å². The molecule has 2 heterocycles. The molecule has 7 heteroatoms. The lowest BCUT2D eigenvalue weighted by Gasteiger charge is -2.15. The Balaban J connectivity index is 1.67. The summed E-state index contributed by atoms with van der Waals surface area (Å²) in [6.07, 6.45) is 8.13. The summed E-state index contributed by atoms with van der Waals surface area (Å²) in [6.45, 7) is 8.63. The Morgan fingerprint density at radius 2 is 2.14 bits per heavy atom. The van der Waals surface area contributed by atoms with Crippen LogP contribution in [0.5, 0.6) is 0 Å². The zero-order valence-corrected chi connectivity index (χ0v) is 18.8. The first kappa shape index (κ1) is 21.1. The highest BCUT2D eigenvalue weighted by atomic mass is 32.2. The van der Waals surface area contributed by atoms with E-state index in [1.165, 1.54) is 36.6 Å². The minimum Gasteiger partial charge on any atom is -0.355 e. The van der Waals surface area contributed by atoms with Crippen LogP contribution in [0.4, 0.5) is 0 Å². The van der Waals surface area contributed by atoms with Crippen molar-refractivity contribution in [3.63, 3.8) is 0 Å². The van der Waals surface area contributed by atoms with E-state index in [0.717, 1.165) is 28.1 Å². The third kappa shape index (κ3) is 4.69. The fourth-order valence-corrected chi connectivity index (χ4v) is 5.55. The molecule has 0 aromatic carbocycles. The lowest BCUT2D eigenvalue weighted by Crippen LogP contribution is -2.28. The molecule has 1 amide bonds. The number of nitrogens with one attached hydrogen (secondary N) is 1. The molecule has 1 aliphatic rings. The molecule has 0 bridgehead atoms. The fraction of sp³-hybridized carbons (Fsp3) is 0.571. The van der Waals surface area contributed by atoms with Crippen molar-refractivity contribution in [3.05, 3.63) is 32.4 Å². The average Bonchev–Trinajstić information content (AvgIpc) is 2.94. The van der Waals surface area contributed by atoms with Gasteiger partial charge < -0.3 is 5.32 Å². The van der Waals surface area contributed by atoms with Gasteiger partial charge in [0.25, 0.3) is 5.56 Å². The van der Waals surface area contributed by atoms with Crippen molar-refractivity contribution in [1.29, 1.82) is 0 Å². The van der Waals surface area contributed by atoms with E-state index in [1.807, 2.05) is 27.7 Å². The van der Waals surface area contributed by atoms with Crippen molar-refractivity contribution in [2.24, 2.45) is 0 Å².